The van der Waals surface area contributed by atoms with Gasteiger partial charge in [-0.3, -0.25) is 4.79 Å². The molecule has 2 heterocycles. The van der Waals surface area contributed by atoms with Gasteiger partial charge in [-0.15, -0.1) is 11.3 Å². The Morgan fingerprint density at radius 1 is 1.43 bits per heavy atom. The average molecular weight is 309 g/mol. The van der Waals surface area contributed by atoms with Crippen molar-refractivity contribution in [2.24, 2.45) is 11.3 Å². The lowest BCUT2D eigenvalue weighted by atomic mass is 9.92. The molecule has 0 aliphatic carbocycles. The summed E-state index contributed by atoms with van der Waals surface area (Å²) in [6, 6.07) is 0. The smallest absolute Gasteiger partial charge is 0.227 e. The maximum Gasteiger partial charge on any atom is 0.227 e. The highest BCUT2D eigenvalue weighted by Crippen LogP contribution is 2.27. The van der Waals surface area contributed by atoms with Crippen LogP contribution < -0.4 is 4.90 Å². The van der Waals surface area contributed by atoms with Crippen LogP contribution >= 0.6 is 11.3 Å². The number of hydrogen-bond acceptors (Lipinski definition) is 4. The molecule has 0 saturated carbocycles. The van der Waals surface area contributed by atoms with Crippen LogP contribution in [0, 0.1) is 18.3 Å². The molecule has 21 heavy (non-hydrogen) atoms. The van der Waals surface area contributed by atoms with Crippen LogP contribution in [-0.2, 0) is 4.79 Å². The molecule has 1 aliphatic heterocycles. The van der Waals surface area contributed by atoms with Crippen LogP contribution in [0.4, 0.5) is 5.13 Å². The number of aromatic nitrogens is 1. The normalized spacial score (nSPS) is 17.1. The van der Waals surface area contributed by atoms with Gasteiger partial charge in [0.15, 0.2) is 5.13 Å². The lowest BCUT2D eigenvalue weighted by Gasteiger charge is -2.35. The van der Waals surface area contributed by atoms with Crippen LogP contribution in [-0.4, -0.2) is 42.5 Å². The molecule has 0 bridgehead atoms. The summed E-state index contributed by atoms with van der Waals surface area (Å²) in [5.74, 6) is 0.846. The Hall–Kier alpha value is -1.10. The number of piperidine rings is 1. The molecule has 1 aliphatic rings. The topological polar surface area (TPSA) is 36.4 Å². The molecule has 0 N–H and O–H groups in total. The number of thiazole rings is 1. The van der Waals surface area contributed by atoms with E-state index in [-0.39, 0.29) is 11.3 Å². The Labute approximate surface area is 132 Å². The number of carbonyl (C=O) groups excluding carboxylic acids is 1. The molecule has 0 spiro atoms. The maximum atomic E-state index is 12.2. The molecule has 1 aromatic heterocycles. The molecule has 0 atom stereocenters. The van der Waals surface area contributed by atoms with Crippen LogP contribution in [0.1, 0.15) is 38.5 Å². The summed E-state index contributed by atoms with van der Waals surface area (Å²) in [6.07, 6.45) is 4.22. The SMILES string of the molecule is Cc1cnc(N2CCC(CN(C)C(=O)C(C)(C)C)CC2)s1. The highest BCUT2D eigenvalue weighted by Gasteiger charge is 2.28. The number of aryl methyl sites for hydroxylation is 1. The molecule has 1 fully saturated rings. The lowest BCUT2D eigenvalue weighted by Crippen LogP contribution is -2.42. The van der Waals surface area contributed by atoms with Crippen molar-refractivity contribution in [2.75, 3.05) is 31.6 Å². The Balaban J connectivity index is 1.83. The van der Waals surface area contributed by atoms with Crippen molar-refractivity contribution in [3.05, 3.63) is 11.1 Å². The molecule has 1 aromatic rings. The standard InChI is InChI=1S/C16H27N3OS/c1-12-10-17-15(21-12)19-8-6-13(7-9-19)11-18(5)14(20)16(2,3)4/h10,13H,6-9,11H2,1-5H3. The molecule has 2 rings (SSSR count). The summed E-state index contributed by atoms with van der Waals surface area (Å²) in [7, 11) is 1.93. The minimum absolute atomic E-state index is 0.237. The number of anilines is 1. The fourth-order valence-electron chi connectivity index (χ4n) is 2.84. The zero-order valence-electron chi connectivity index (χ0n) is 13.8. The van der Waals surface area contributed by atoms with E-state index in [0.717, 1.165) is 37.6 Å². The van der Waals surface area contributed by atoms with Crippen LogP contribution in [0.5, 0.6) is 0 Å². The molecular weight excluding hydrogens is 282 g/mol. The van der Waals surface area contributed by atoms with Gasteiger partial charge in [-0.1, -0.05) is 20.8 Å². The molecule has 5 heteroatoms. The van der Waals surface area contributed by atoms with Crippen molar-refractivity contribution in [1.29, 1.82) is 0 Å². The largest absolute Gasteiger partial charge is 0.348 e. The summed E-state index contributed by atoms with van der Waals surface area (Å²) in [5.41, 5.74) is -0.284. The summed E-state index contributed by atoms with van der Waals surface area (Å²) in [6.45, 7) is 11.0. The first-order chi connectivity index (χ1) is 9.77. The lowest BCUT2D eigenvalue weighted by molar-refractivity contribution is -0.138. The predicted octanol–water partition coefficient (Wildman–Crippen LogP) is 3.17. The van der Waals surface area contributed by atoms with Crippen molar-refractivity contribution in [1.82, 2.24) is 9.88 Å². The second-order valence-electron chi connectivity index (χ2n) is 7.12. The summed E-state index contributed by atoms with van der Waals surface area (Å²) < 4.78 is 0. The average Bonchev–Trinajstić information content (AvgIpc) is 2.84. The summed E-state index contributed by atoms with van der Waals surface area (Å²) in [5, 5.41) is 1.14. The van der Waals surface area contributed by atoms with Gasteiger partial charge in [-0.05, 0) is 25.7 Å². The van der Waals surface area contributed by atoms with Gasteiger partial charge >= 0.3 is 0 Å². The third-order valence-corrected chi connectivity index (χ3v) is 4.99. The molecule has 4 nitrogen and oxygen atoms in total. The van der Waals surface area contributed by atoms with Crippen molar-refractivity contribution in [2.45, 2.75) is 40.5 Å². The first-order valence-electron chi connectivity index (χ1n) is 7.70. The Bertz CT molecular complexity index is 484. The molecule has 0 radical (unpaired) electrons. The van der Waals surface area contributed by atoms with Crippen molar-refractivity contribution in [3.8, 4) is 0 Å². The maximum absolute atomic E-state index is 12.2. The van der Waals surface area contributed by atoms with Crippen LogP contribution in [0.25, 0.3) is 0 Å². The first kappa shape index (κ1) is 16.3. The third-order valence-electron chi connectivity index (χ3n) is 4.01. The van der Waals surface area contributed by atoms with Crippen LogP contribution in [0.15, 0.2) is 6.20 Å². The highest BCUT2D eigenvalue weighted by molar-refractivity contribution is 7.15. The summed E-state index contributed by atoms with van der Waals surface area (Å²) in [4.78, 5) is 22.3. The Morgan fingerprint density at radius 3 is 2.52 bits per heavy atom. The zero-order valence-corrected chi connectivity index (χ0v) is 14.7. The van der Waals surface area contributed by atoms with Gasteiger partial charge in [0.1, 0.15) is 0 Å². The van der Waals surface area contributed by atoms with E-state index < -0.39 is 0 Å². The molecule has 0 unspecified atom stereocenters. The van der Waals surface area contributed by atoms with Gasteiger partial charge in [0.05, 0.1) is 0 Å². The number of rotatable bonds is 3. The van der Waals surface area contributed by atoms with E-state index in [2.05, 4.69) is 16.8 Å². The number of hydrogen-bond donors (Lipinski definition) is 0. The minimum atomic E-state index is -0.284. The molecule has 1 amide bonds. The quantitative estimate of drug-likeness (QED) is 0.860. The second-order valence-corrected chi connectivity index (χ2v) is 8.33. The van der Waals surface area contributed by atoms with E-state index in [0.29, 0.717) is 5.92 Å². The van der Waals surface area contributed by atoms with Gasteiger partial charge in [0.25, 0.3) is 0 Å². The monoisotopic (exact) mass is 309 g/mol. The number of carbonyl (C=O) groups is 1. The first-order valence-corrected chi connectivity index (χ1v) is 8.52. The molecule has 118 valence electrons. The number of nitrogens with zero attached hydrogens (tertiary/aromatic N) is 3. The van der Waals surface area contributed by atoms with Crippen molar-refractivity contribution < 1.29 is 4.79 Å². The molecular formula is C16H27N3OS. The number of amides is 1. The van der Waals surface area contributed by atoms with Crippen LogP contribution in [0.2, 0.25) is 0 Å². The Kier molecular flexibility index (Phi) is 4.91. The van der Waals surface area contributed by atoms with Crippen molar-refractivity contribution >= 4 is 22.4 Å². The van der Waals surface area contributed by atoms with Gasteiger partial charge in [0, 0.05) is 43.2 Å². The van der Waals surface area contributed by atoms with Gasteiger partial charge in [0.2, 0.25) is 5.91 Å². The highest BCUT2D eigenvalue weighted by atomic mass is 32.1. The zero-order chi connectivity index (χ0) is 15.6. The predicted molar refractivity (Wildman–Crippen MR) is 88.9 cm³/mol. The molecule has 0 aromatic carbocycles. The fourth-order valence-corrected chi connectivity index (χ4v) is 3.65. The Morgan fingerprint density at radius 2 is 2.05 bits per heavy atom. The fraction of sp³-hybridized carbons (Fsp3) is 0.750. The van der Waals surface area contributed by atoms with Crippen LogP contribution in [0.3, 0.4) is 0 Å². The van der Waals surface area contributed by atoms with E-state index in [1.54, 1.807) is 11.3 Å². The van der Waals surface area contributed by atoms with E-state index >= 15 is 0 Å². The van der Waals surface area contributed by atoms with E-state index in [1.165, 1.54) is 4.88 Å². The van der Waals surface area contributed by atoms with Gasteiger partial charge in [-0.25, -0.2) is 4.98 Å². The summed E-state index contributed by atoms with van der Waals surface area (Å²) >= 11 is 1.77. The van der Waals surface area contributed by atoms with E-state index in [9.17, 15) is 4.79 Å². The van der Waals surface area contributed by atoms with E-state index in [4.69, 9.17) is 0 Å². The van der Waals surface area contributed by atoms with E-state index in [1.807, 2.05) is 38.9 Å². The van der Waals surface area contributed by atoms with Gasteiger partial charge in [-0.2, -0.15) is 0 Å². The third kappa shape index (κ3) is 4.19. The minimum Gasteiger partial charge on any atom is -0.348 e. The second kappa shape index (κ2) is 6.34. The van der Waals surface area contributed by atoms with Gasteiger partial charge < -0.3 is 9.80 Å². The van der Waals surface area contributed by atoms with Crippen molar-refractivity contribution in [3.63, 3.8) is 0 Å². The molecule has 1 saturated heterocycles.